The van der Waals surface area contributed by atoms with Crippen LogP contribution < -0.4 is 11.1 Å². The Hall–Kier alpha value is -1.01. The molecule has 4 N–H and O–H groups in total. The number of aliphatic hydroxyl groups is 1. The van der Waals surface area contributed by atoms with E-state index in [-0.39, 0.29) is 12.5 Å². The Kier molecular flexibility index (Phi) is 5.70. The topological polar surface area (TPSA) is 78.6 Å². The SMILES string of the molecule is Nc1cc(Cl)cc(Cl)c1NC(=O)CN1CCC(CCO)C1. The molecule has 1 aromatic rings. The molecule has 2 rings (SSSR count). The summed E-state index contributed by atoms with van der Waals surface area (Å²) in [6.07, 6.45) is 1.80. The highest BCUT2D eigenvalue weighted by Gasteiger charge is 2.23. The van der Waals surface area contributed by atoms with E-state index in [4.69, 9.17) is 34.0 Å². The summed E-state index contributed by atoms with van der Waals surface area (Å²) in [6.45, 7) is 2.18. The number of likely N-dealkylation sites (tertiary alicyclic amines) is 1. The average Bonchev–Trinajstić information content (AvgIpc) is 2.81. The Labute approximate surface area is 134 Å². The Morgan fingerprint density at radius 3 is 2.90 bits per heavy atom. The van der Waals surface area contributed by atoms with Gasteiger partial charge < -0.3 is 16.2 Å². The Morgan fingerprint density at radius 1 is 1.48 bits per heavy atom. The van der Waals surface area contributed by atoms with E-state index >= 15 is 0 Å². The van der Waals surface area contributed by atoms with Gasteiger partial charge in [0, 0.05) is 18.2 Å². The van der Waals surface area contributed by atoms with Gasteiger partial charge in [-0.25, -0.2) is 0 Å². The average molecular weight is 332 g/mol. The zero-order valence-electron chi connectivity index (χ0n) is 11.6. The van der Waals surface area contributed by atoms with Crippen LogP contribution in [0.25, 0.3) is 0 Å². The summed E-state index contributed by atoms with van der Waals surface area (Å²) >= 11 is 11.9. The molecule has 0 saturated carbocycles. The second-order valence-corrected chi connectivity index (χ2v) is 6.15. The summed E-state index contributed by atoms with van der Waals surface area (Å²) in [5, 5.41) is 12.4. The quantitative estimate of drug-likeness (QED) is 0.723. The van der Waals surface area contributed by atoms with Crippen molar-refractivity contribution in [2.75, 3.05) is 37.3 Å². The predicted octanol–water partition coefficient (Wildman–Crippen LogP) is 2.22. The van der Waals surface area contributed by atoms with E-state index in [1.807, 2.05) is 0 Å². The molecular weight excluding hydrogens is 313 g/mol. The van der Waals surface area contributed by atoms with Crippen LogP contribution in [0, 0.1) is 5.92 Å². The van der Waals surface area contributed by atoms with Crippen LogP contribution in [0.2, 0.25) is 10.0 Å². The van der Waals surface area contributed by atoms with E-state index in [9.17, 15) is 4.79 Å². The number of carbonyl (C=O) groups excluding carboxylic acids is 1. The summed E-state index contributed by atoms with van der Waals surface area (Å²) in [6, 6.07) is 3.10. The van der Waals surface area contributed by atoms with Gasteiger partial charge in [-0.3, -0.25) is 9.69 Å². The fourth-order valence-corrected chi connectivity index (χ4v) is 3.14. The summed E-state index contributed by atoms with van der Waals surface area (Å²) in [7, 11) is 0. The molecule has 1 atom stereocenters. The van der Waals surface area contributed by atoms with Crippen molar-refractivity contribution in [3.8, 4) is 0 Å². The van der Waals surface area contributed by atoms with Crippen LogP contribution in [0.3, 0.4) is 0 Å². The van der Waals surface area contributed by atoms with Gasteiger partial charge in [-0.05, 0) is 37.4 Å². The van der Waals surface area contributed by atoms with Gasteiger partial charge >= 0.3 is 0 Å². The maximum atomic E-state index is 12.1. The molecule has 21 heavy (non-hydrogen) atoms. The van der Waals surface area contributed by atoms with Crippen LogP contribution >= 0.6 is 23.2 Å². The number of hydrogen-bond donors (Lipinski definition) is 3. The van der Waals surface area contributed by atoms with Gasteiger partial charge in [0.2, 0.25) is 5.91 Å². The molecule has 1 heterocycles. The fourth-order valence-electron chi connectivity index (χ4n) is 2.58. The number of hydrogen-bond acceptors (Lipinski definition) is 4. The van der Waals surface area contributed by atoms with E-state index in [0.29, 0.717) is 33.9 Å². The second-order valence-electron chi connectivity index (χ2n) is 5.30. The first kappa shape index (κ1) is 16.4. The highest BCUT2D eigenvalue weighted by atomic mass is 35.5. The minimum absolute atomic E-state index is 0.157. The number of amides is 1. The van der Waals surface area contributed by atoms with E-state index in [2.05, 4.69) is 10.2 Å². The number of halogens is 2. The summed E-state index contributed by atoms with van der Waals surface area (Å²) in [4.78, 5) is 14.1. The molecule has 5 nitrogen and oxygen atoms in total. The summed E-state index contributed by atoms with van der Waals surface area (Å²) < 4.78 is 0. The number of benzene rings is 1. The smallest absolute Gasteiger partial charge is 0.238 e. The molecule has 0 aliphatic carbocycles. The molecule has 116 valence electrons. The maximum absolute atomic E-state index is 12.1. The third kappa shape index (κ3) is 4.48. The molecule has 1 amide bonds. The van der Waals surface area contributed by atoms with Crippen molar-refractivity contribution in [2.24, 2.45) is 5.92 Å². The normalized spacial score (nSPS) is 18.9. The van der Waals surface area contributed by atoms with Crippen LogP contribution in [-0.2, 0) is 4.79 Å². The van der Waals surface area contributed by atoms with E-state index in [0.717, 1.165) is 25.9 Å². The monoisotopic (exact) mass is 331 g/mol. The number of nitrogens with zero attached hydrogens (tertiary/aromatic N) is 1. The predicted molar refractivity (Wildman–Crippen MR) is 85.8 cm³/mol. The molecule has 1 unspecified atom stereocenters. The Balaban J connectivity index is 1.91. The third-order valence-corrected chi connectivity index (χ3v) is 4.14. The lowest BCUT2D eigenvalue weighted by Gasteiger charge is -2.16. The summed E-state index contributed by atoms with van der Waals surface area (Å²) in [5.41, 5.74) is 6.56. The maximum Gasteiger partial charge on any atom is 0.238 e. The third-order valence-electron chi connectivity index (χ3n) is 3.62. The van der Waals surface area contributed by atoms with Gasteiger partial charge in [0.25, 0.3) is 0 Å². The highest BCUT2D eigenvalue weighted by Crippen LogP contribution is 2.32. The number of carbonyl (C=O) groups is 1. The molecular formula is C14H19Cl2N3O2. The molecule has 0 spiro atoms. The van der Waals surface area contributed by atoms with Crippen molar-refractivity contribution in [3.63, 3.8) is 0 Å². The van der Waals surface area contributed by atoms with Gasteiger partial charge in [0.15, 0.2) is 0 Å². The van der Waals surface area contributed by atoms with Crippen molar-refractivity contribution in [2.45, 2.75) is 12.8 Å². The molecule has 1 aromatic carbocycles. The van der Waals surface area contributed by atoms with Crippen LogP contribution in [0.4, 0.5) is 11.4 Å². The zero-order valence-corrected chi connectivity index (χ0v) is 13.1. The largest absolute Gasteiger partial charge is 0.397 e. The number of nitrogen functional groups attached to an aromatic ring is 1. The lowest BCUT2D eigenvalue weighted by atomic mass is 10.1. The second kappa shape index (κ2) is 7.31. The van der Waals surface area contributed by atoms with Crippen LogP contribution in [0.15, 0.2) is 12.1 Å². The van der Waals surface area contributed by atoms with Gasteiger partial charge in [-0.15, -0.1) is 0 Å². The molecule has 0 radical (unpaired) electrons. The molecule has 7 heteroatoms. The number of nitrogens with two attached hydrogens (primary N) is 1. The number of nitrogens with one attached hydrogen (secondary N) is 1. The number of anilines is 2. The number of rotatable bonds is 5. The first-order valence-corrected chi connectivity index (χ1v) is 7.62. The first-order valence-electron chi connectivity index (χ1n) is 6.87. The first-order chi connectivity index (χ1) is 9.99. The number of aliphatic hydroxyl groups excluding tert-OH is 1. The summed E-state index contributed by atoms with van der Waals surface area (Å²) in [5.74, 6) is 0.308. The minimum Gasteiger partial charge on any atom is -0.397 e. The van der Waals surface area contributed by atoms with Crippen molar-refractivity contribution in [1.29, 1.82) is 0 Å². The zero-order chi connectivity index (χ0) is 15.4. The van der Waals surface area contributed by atoms with Crippen LogP contribution in [0.5, 0.6) is 0 Å². The highest BCUT2D eigenvalue weighted by molar-refractivity contribution is 6.37. The van der Waals surface area contributed by atoms with E-state index in [1.54, 1.807) is 12.1 Å². The Bertz CT molecular complexity index is 502. The van der Waals surface area contributed by atoms with Crippen LogP contribution in [0.1, 0.15) is 12.8 Å². The van der Waals surface area contributed by atoms with Gasteiger partial charge in [-0.2, -0.15) is 0 Å². The van der Waals surface area contributed by atoms with Gasteiger partial charge in [-0.1, -0.05) is 23.2 Å². The van der Waals surface area contributed by atoms with Crippen molar-refractivity contribution >= 4 is 40.5 Å². The fraction of sp³-hybridized carbons (Fsp3) is 0.500. The Morgan fingerprint density at radius 2 is 2.24 bits per heavy atom. The van der Waals surface area contributed by atoms with Crippen LogP contribution in [-0.4, -0.2) is 42.2 Å². The minimum atomic E-state index is -0.157. The molecule has 1 aliphatic rings. The van der Waals surface area contributed by atoms with E-state index < -0.39 is 0 Å². The molecule has 1 aliphatic heterocycles. The lowest BCUT2D eigenvalue weighted by Crippen LogP contribution is -2.32. The van der Waals surface area contributed by atoms with Gasteiger partial charge in [0.1, 0.15) is 0 Å². The van der Waals surface area contributed by atoms with Crippen molar-refractivity contribution in [3.05, 3.63) is 22.2 Å². The molecule has 0 bridgehead atoms. The van der Waals surface area contributed by atoms with Crippen molar-refractivity contribution < 1.29 is 9.90 Å². The lowest BCUT2D eigenvalue weighted by molar-refractivity contribution is -0.117. The molecule has 1 fully saturated rings. The molecule has 0 aromatic heterocycles. The van der Waals surface area contributed by atoms with E-state index in [1.165, 1.54) is 0 Å². The van der Waals surface area contributed by atoms with Gasteiger partial charge in [0.05, 0.1) is 22.9 Å². The molecule has 1 saturated heterocycles. The standard InChI is InChI=1S/C14H19Cl2N3O2/c15-10-5-11(16)14(12(17)6-10)18-13(21)8-19-3-1-9(7-19)2-4-20/h5-6,9,20H,1-4,7-8,17H2,(H,18,21). The van der Waals surface area contributed by atoms with Crippen molar-refractivity contribution in [1.82, 2.24) is 4.90 Å².